The van der Waals surface area contributed by atoms with Gasteiger partial charge in [-0.2, -0.15) is 0 Å². The lowest BCUT2D eigenvalue weighted by Gasteiger charge is -2.13. The van der Waals surface area contributed by atoms with E-state index in [2.05, 4.69) is 15.5 Å². The van der Waals surface area contributed by atoms with Crippen molar-refractivity contribution in [1.29, 1.82) is 0 Å². The third kappa shape index (κ3) is 2.33. The molecule has 0 saturated heterocycles. The lowest BCUT2D eigenvalue weighted by molar-refractivity contribution is 0.0915. The summed E-state index contributed by atoms with van der Waals surface area (Å²) < 4.78 is 4.97. The second kappa shape index (κ2) is 5.14. The fourth-order valence-electron chi connectivity index (χ4n) is 1.61. The molecule has 6 heteroatoms. The summed E-state index contributed by atoms with van der Waals surface area (Å²) in [6.07, 6.45) is 2.11. The standard InChI is InChI=1S/C12H15N3O3/c1-3-9(6-16)14-11(17)8-4-10-7(2)15-18-12(10)13-5-8/h4-5,9,16H,3,6H2,1-2H3,(H,14,17)/t9-/m1/s1. The van der Waals surface area contributed by atoms with Crippen molar-refractivity contribution in [3.8, 4) is 0 Å². The Morgan fingerprint density at radius 1 is 1.61 bits per heavy atom. The van der Waals surface area contributed by atoms with Crippen molar-refractivity contribution in [2.75, 3.05) is 6.61 Å². The molecule has 0 spiro atoms. The molecule has 1 atom stereocenters. The third-order valence-electron chi connectivity index (χ3n) is 2.82. The molecule has 0 aliphatic heterocycles. The van der Waals surface area contributed by atoms with Crippen LogP contribution in [0.2, 0.25) is 0 Å². The van der Waals surface area contributed by atoms with Gasteiger partial charge in [-0.1, -0.05) is 12.1 Å². The Bertz CT molecular complexity index is 561. The van der Waals surface area contributed by atoms with Gasteiger partial charge in [-0.15, -0.1) is 0 Å². The van der Waals surface area contributed by atoms with Crippen molar-refractivity contribution < 1.29 is 14.4 Å². The van der Waals surface area contributed by atoms with E-state index in [1.807, 2.05) is 6.92 Å². The minimum absolute atomic E-state index is 0.0792. The number of nitrogens with zero attached hydrogens (tertiary/aromatic N) is 2. The highest BCUT2D eigenvalue weighted by Crippen LogP contribution is 2.16. The summed E-state index contributed by atoms with van der Waals surface area (Å²) in [4.78, 5) is 16.0. The van der Waals surface area contributed by atoms with Crippen LogP contribution in [0.1, 0.15) is 29.4 Å². The SMILES string of the molecule is CC[C@H](CO)NC(=O)c1cnc2onc(C)c2c1. The maximum absolute atomic E-state index is 11.9. The zero-order valence-electron chi connectivity index (χ0n) is 10.3. The summed E-state index contributed by atoms with van der Waals surface area (Å²) in [6.45, 7) is 3.61. The summed E-state index contributed by atoms with van der Waals surface area (Å²) in [5.74, 6) is -0.258. The van der Waals surface area contributed by atoms with Gasteiger partial charge in [0.2, 0.25) is 0 Å². The van der Waals surface area contributed by atoms with E-state index in [4.69, 9.17) is 9.63 Å². The molecule has 18 heavy (non-hydrogen) atoms. The Balaban J connectivity index is 2.24. The van der Waals surface area contributed by atoms with Crippen LogP contribution in [-0.4, -0.2) is 33.8 Å². The molecule has 2 aromatic heterocycles. The summed E-state index contributed by atoms with van der Waals surface area (Å²) in [7, 11) is 0. The maximum Gasteiger partial charge on any atom is 0.257 e. The van der Waals surface area contributed by atoms with E-state index in [9.17, 15) is 4.79 Å². The monoisotopic (exact) mass is 249 g/mol. The normalized spacial score (nSPS) is 12.6. The van der Waals surface area contributed by atoms with Crippen LogP contribution in [0.5, 0.6) is 0 Å². The van der Waals surface area contributed by atoms with Crippen molar-refractivity contribution in [1.82, 2.24) is 15.5 Å². The molecule has 0 saturated carbocycles. The Hall–Kier alpha value is -1.95. The lowest BCUT2D eigenvalue weighted by atomic mass is 10.1. The molecule has 2 aromatic rings. The second-order valence-electron chi connectivity index (χ2n) is 4.11. The van der Waals surface area contributed by atoms with Gasteiger partial charge in [-0.05, 0) is 19.4 Å². The number of carbonyl (C=O) groups is 1. The van der Waals surface area contributed by atoms with Gasteiger partial charge >= 0.3 is 0 Å². The van der Waals surface area contributed by atoms with Crippen LogP contribution in [0.3, 0.4) is 0 Å². The van der Waals surface area contributed by atoms with Crippen LogP contribution in [0.15, 0.2) is 16.8 Å². The zero-order chi connectivity index (χ0) is 13.1. The second-order valence-corrected chi connectivity index (χ2v) is 4.11. The first-order chi connectivity index (χ1) is 8.65. The van der Waals surface area contributed by atoms with E-state index < -0.39 is 0 Å². The van der Waals surface area contributed by atoms with E-state index in [1.165, 1.54) is 6.20 Å². The predicted molar refractivity (Wildman–Crippen MR) is 65.2 cm³/mol. The number of nitrogens with one attached hydrogen (secondary N) is 1. The summed E-state index contributed by atoms with van der Waals surface area (Å²) in [6, 6.07) is 1.45. The van der Waals surface area contributed by atoms with Crippen LogP contribution in [0, 0.1) is 6.92 Å². The molecule has 2 N–H and O–H groups in total. The minimum atomic E-state index is -0.258. The summed E-state index contributed by atoms with van der Waals surface area (Å²) >= 11 is 0. The van der Waals surface area contributed by atoms with Gasteiger partial charge in [0.15, 0.2) is 0 Å². The first-order valence-corrected chi connectivity index (χ1v) is 5.79. The molecule has 0 unspecified atom stereocenters. The largest absolute Gasteiger partial charge is 0.394 e. The molecule has 0 fully saturated rings. The molecule has 0 aliphatic rings. The average molecular weight is 249 g/mol. The van der Waals surface area contributed by atoms with E-state index in [-0.39, 0.29) is 18.6 Å². The van der Waals surface area contributed by atoms with Crippen molar-refractivity contribution in [2.45, 2.75) is 26.3 Å². The lowest BCUT2D eigenvalue weighted by Crippen LogP contribution is -2.36. The molecule has 0 aliphatic carbocycles. The van der Waals surface area contributed by atoms with E-state index in [0.717, 1.165) is 5.39 Å². The molecule has 2 heterocycles. The van der Waals surface area contributed by atoms with Gasteiger partial charge in [-0.3, -0.25) is 4.79 Å². The number of amides is 1. The van der Waals surface area contributed by atoms with Gasteiger partial charge in [0.05, 0.1) is 29.3 Å². The molecular formula is C12H15N3O3. The van der Waals surface area contributed by atoms with E-state index >= 15 is 0 Å². The van der Waals surface area contributed by atoms with Crippen molar-refractivity contribution >= 4 is 17.0 Å². The first-order valence-electron chi connectivity index (χ1n) is 5.79. The Kier molecular flexibility index (Phi) is 3.57. The number of aliphatic hydroxyl groups is 1. The zero-order valence-corrected chi connectivity index (χ0v) is 10.3. The van der Waals surface area contributed by atoms with Gasteiger partial charge in [0.1, 0.15) is 0 Å². The quantitative estimate of drug-likeness (QED) is 0.845. The minimum Gasteiger partial charge on any atom is -0.394 e. The fraction of sp³-hybridized carbons (Fsp3) is 0.417. The molecule has 1 amide bonds. The Morgan fingerprint density at radius 2 is 2.39 bits per heavy atom. The van der Waals surface area contributed by atoms with E-state index in [1.54, 1.807) is 13.0 Å². The molecule has 6 nitrogen and oxygen atoms in total. The number of hydrogen-bond acceptors (Lipinski definition) is 5. The van der Waals surface area contributed by atoms with Gasteiger partial charge in [-0.25, -0.2) is 4.98 Å². The number of pyridine rings is 1. The van der Waals surface area contributed by atoms with Gasteiger partial charge in [0.25, 0.3) is 11.6 Å². The number of hydrogen-bond donors (Lipinski definition) is 2. The number of rotatable bonds is 4. The highest BCUT2D eigenvalue weighted by atomic mass is 16.5. The van der Waals surface area contributed by atoms with Crippen LogP contribution in [0.4, 0.5) is 0 Å². The number of carbonyl (C=O) groups excluding carboxylic acids is 1. The highest BCUT2D eigenvalue weighted by molar-refractivity contribution is 5.97. The molecular weight excluding hydrogens is 234 g/mol. The van der Waals surface area contributed by atoms with Crippen LogP contribution >= 0.6 is 0 Å². The van der Waals surface area contributed by atoms with Crippen LogP contribution in [0.25, 0.3) is 11.1 Å². The first kappa shape index (κ1) is 12.5. The van der Waals surface area contributed by atoms with Gasteiger partial charge in [0, 0.05) is 6.20 Å². The number of fused-ring (bicyclic) bond motifs is 1. The Morgan fingerprint density at radius 3 is 3.06 bits per heavy atom. The highest BCUT2D eigenvalue weighted by Gasteiger charge is 2.14. The van der Waals surface area contributed by atoms with Gasteiger partial charge < -0.3 is 14.9 Å². The molecule has 0 bridgehead atoms. The summed E-state index contributed by atoms with van der Waals surface area (Å²) in [5.41, 5.74) is 1.54. The van der Waals surface area contributed by atoms with Crippen molar-refractivity contribution in [3.63, 3.8) is 0 Å². The smallest absolute Gasteiger partial charge is 0.257 e. The average Bonchev–Trinajstić information content (AvgIpc) is 2.77. The number of aromatic nitrogens is 2. The maximum atomic E-state index is 11.9. The third-order valence-corrected chi connectivity index (χ3v) is 2.82. The van der Waals surface area contributed by atoms with Crippen LogP contribution in [-0.2, 0) is 0 Å². The molecule has 0 radical (unpaired) electrons. The van der Waals surface area contributed by atoms with E-state index in [0.29, 0.717) is 23.4 Å². The fourth-order valence-corrected chi connectivity index (χ4v) is 1.61. The number of aryl methyl sites for hydroxylation is 1. The molecule has 2 rings (SSSR count). The number of aliphatic hydroxyl groups excluding tert-OH is 1. The Labute approximate surface area is 104 Å². The molecule has 96 valence electrons. The molecule has 0 aromatic carbocycles. The predicted octanol–water partition coefficient (Wildman–Crippen LogP) is 1.03. The van der Waals surface area contributed by atoms with Crippen LogP contribution < -0.4 is 5.32 Å². The van der Waals surface area contributed by atoms with Crippen molar-refractivity contribution in [2.24, 2.45) is 0 Å². The van der Waals surface area contributed by atoms with Crippen molar-refractivity contribution in [3.05, 3.63) is 23.5 Å². The topological polar surface area (TPSA) is 88.2 Å². The summed E-state index contributed by atoms with van der Waals surface area (Å²) in [5, 5.41) is 16.3.